The van der Waals surface area contributed by atoms with E-state index in [0.717, 1.165) is 0 Å². The van der Waals surface area contributed by atoms with E-state index < -0.39 is 0 Å². The standard InChI is InChI=1S/Al.3H2O.Pb.2H/h;3*1H2;;;/q+3;;;;;;/p-3. The Labute approximate surface area is 61.0 Å². The molecule has 0 saturated heterocycles. The molecule has 0 aliphatic rings. The van der Waals surface area contributed by atoms with Crippen molar-refractivity contribution >= 4 is 44.7 Å². The van der Waals surface area contributed by atoms with Gasteiger partial charge >= 0.3 is 44.7 Å². The van der Waals surface area contributed by atoms with E-state index >= 15 is 0 Å². The van der Waals surface area contributed by atoms with Crippen LogP contribution in [0.2, 0.25) is 0 Å². The quantitative estimate of drug-likeness (QED) is 0.491. The van der Waals surface area contributed by atoms with Crippen molar-refractivity contribution in [3.05, 3.63) is 0 Å². The molecule has 0 amide bonds. The molecule has 0 saturated carbocycles. The Hall–Kier alpha value is 1.33. The van der Waals surface area contributed by atoms with Crippen LogP contribution >= 0.6 is 0 Å². The van der Waals surface area contributed by atoms with Gasteiger partial charge in [-0.15, -0.1) is 0 Å². The van der Waals surface area contributed by atoms with Crippen molar-refractivity contribution in [2.75, 3.05) is 0 Å². The van der Waals surface area contributed by atoms with Gasteiger partial charge in [0.15, 0.2) is 0 Å². The molecule has 2 radical (unpaired) electrons. The van der Waals surface area contributed by atoms with E-state index in [0.29, 0.717) is 0 Å². The summed E-state index contributed by atoms with van der Waals surface area (Å²) < 4.78 is 0. The zero-order chi connectivity index (χ0) is 0. The molecule has 0 fully saturated rings. The number of rotatable bonds is 0. The Morgan fingerprint density at radius 1 is 0.600 bits per heavy atom. The van der Waals surface area contributed by atoms with Crippen LogP contribution < -0.4 is 0 Å². The molecule has 5 heteroatoms. The van der Waals surface area contributed by atoms with E-state index in [1.54, 1.807) is 0 Å². The fraction of sp³-hybridized carbons (Fsp3) is 0. The summed E-state index contributed by atoms with van der Waals surface area (Å²) in [6, 6.07) is 0. The van der Waals surface area contributed by atoms with Gasteiger partial charge in [0.2, 0.25) is 0 Å². The Balaban J connectivity index is 0. The molecule has 0 spiro atoms. The normalized spacial score (nSPS) is 0. The minimum absolute atomic E-state index is 0. The van der Waals surface area contributed by atoms with Gasteiger partial charge in [-0.1, -0.05) is 0 Å². The first-order valence-electron chi connectivity index (χ1n) is 0. The number of hydrogen-bond donors (Lipinski definition) is 0. The predicted molar refractivity (Wildman–Crippen MR) is 20.1 cm³/mol. The van der Waals surface area contributed by atoms with Crippen molar-refractivity contribution in [1.29, 1.82) is 0 Å². The third-order valence-electron chi connectivity index (χ3n) is 0. The maximum atomic E-state index is 0. The monoisotopic (exact) mass is 288 g/mol. The van der Waals surface area contributed by atoms with Crippen molar-refractivity contribution in [3.63, 3.8) is 0 Å². The summed E-state index contributed by atoms with van der Waals surface area (Å²) in [6.45, 7) is 0. The molecule has 0 aliphatic heterocycles. The summed E-state index contributed by atoms with van der Waals surface area (Å²) in [5.74, 6) is 0. The van der Waals surface area contributed by atoms with E-state index in [9.17, 15) is 0 Å². The first-order valence-corrected chi connectivity index (χ1v) is 0. The first kappa shape index (κ1) is 101. The van der Waals surface area contributed by atoms with Gasteiger partial charge in [0, 0.05) is 0 Å². The second kappa shape index (κ2) is 56.3. The minimum atomic E-state index is 0. The third-order valence-corrected chi connectivity index (χ3v) is 0. The van der Waals surface area contributed by atoms with Gasteiger partial charge in [-0.3, -0.25) is 0 Å². The Morgan fingerprint density at radius 2 is 0.600 bits per heavy atom. The van der Waals surface area contributed by atoms with E-state index in [1.165, 1.54) is 0 Å². The van der Waals surface area contributed by atoms with E-state index in [4.69, 9.17) is 0 Å². The molecule has 3 N–H and O–H groups in total. The second-order valence-corrected chi connectivity index (χ2v) is 0. The summed E-state index contributed by atoms with van der Waals surface area (Å²) in [5.41, 5.74) is 0. The fourth-order valence-corrected chi connectivity index (χ4v) is 0. The zero-order valence-corrected chi connectivity index (χ0v) is 9.28. The van der Waals surface area contributed by atoms with Crippen LogP contribution in [0.5, 0.6) is 0 Å². The Morgan fingerprint density at radius 3 is 0.600 bits per heavy atom. The van der Waals surface area contributed by atoms with Crippen LogP contribution in [0.3, 0.4) is 0 Å². The third kappa shape index (κ3) is 33.3. The van der Waals surface area contributed by atoms with Crippen LogP contribution in [0.4, 0.5) is 0 Å². The van der Waals surface area contributed by atoms with Gasteiger partial charge in [0.1, 0.15) is 0 Å². The molecule has 0 unspecified atom stereocenters. The van der Waals surface area contributed by atoms with Crippen LogP contribution in [-0.4, -0.2) is 61.1 Å². The second-order valence-electron chi connectivity index (χ2n) is 0. The molecule has 0 aliphatic carbocycles. The van der Waals surface area contributed by atoms with Gasteiger partial charge in [0.05, 0.1) is 0 Å². The van der Waals surface area contributed by atoms with E-state index in [2.05, 4.69) is 0 Å². The summed E-state index contributed by atoms with van der Waals surface area (Å²) >= 11 is 0. The number of hydrogen-bond acceptors (Lipinski definition) is 3. The zero-order valence-electron chi connectivity index (χ0n) is 2.63. The molecule has 0 rings (SSSR count). The fourth-order valence-electron chi connectivity index (χ4n) is 0. The average molecular weight is 287 g/mol. The van der Waals surface area contributed by atoms with Gasteiger partial charge in [-0.05, 0) is 0 Å². The molecule has 0 atom stereocenters. The van der Waals surface area contributed by atoms with Gasteiger partial charge in [-0.2, -0.15) is 0 Å². The topological polar surface area (TPSA) is 90.0 Å². The average Bonchev–Trinajstić information content (AvgIpc) is 0. The van der Waals surface area contributed by atoms with Crippen LogP contribution in [0, 0.1) is 0 Å². The van der Waals surface area contributed by atoms with Crippen LogP contribution in [0.25, 0.3) is 0 Å². The van der Waals surface area contributed by atoms with Crippen molar-refractivity contribution in [2.45, 2.75) is 0 Å². The molecule has 30 valence electrons. The van der Waals surface area contributed by atoms with Crippen LogP contribution in [0.1, 0.15) is 0 Å². The van der Waals surface area contributed by atoms with Gasteiger partial charge in [0.25, 0.3) is 0 Å². The van der Waals surface area contributed by atoms with Crippen LogP contribution in [0.15, 0.2) is 0 Å². The molecule has 5 heavy (non-hydrogen) atoms. The van der Waals surface area contributed by atoms with Crippen molar-refractivity contribution in [3.8, 4) is 0 Å². The van der Waals surface area contributed by atoms with Gasteiger partial charge < -0.3 is 16.4 Å². The van der Waals surface area contributed by atoms with Crippen molar-refractivity contribution in [1.82, 2.24) is 0 Å². The molecular weight excluding hydrogens is 282 g/mol. The summed E-state index contributed by atoms with van der Waals surface area (Å²) in [4.78, 5) is 0. The molecule has 0 aromatic carbocycles. The molecule has 0 aromatic heterocycles. The molecule has 0 bridgehead atoms. The maximum absolute atomic E-state index is 0. The molecular formula is H5AlO3Pb. The summed E-state index contributed by atoms with van der Waals surface area (Å²) in [6.07, 6.45) is 0. The summed E-state index contributed by atoms with van der Waals surface area (Å²) in [7, 11) is 0. The van der Waals surface area contributed by atoms with Crippen molar-refractivity contribution < 1.29 is 16.4 Å². The SMILES string of the molecule is [Al+3].[OH-].[OH-].[OH-].[PbH2]. The summed E-state index contributed by atoms with van der Waals surface area (Å²) in [5, 5.41) is 0. The first-order chi connectivity index (χ1) is 0. The van der Waals surface area contributed by atoms with Gasteiger partial charge in [-0.25, -0.2) is 0 Å². The molecule has 3 nitrogen and oxygen atoms in total. The molecule has 0 heterocycles. The Kier molecular flexibility index (Phi) is 1140. The molecule has 0 aromatic rings. The predicted octanol–water partition coefficient (Wildman–Crippen LogP) is -1.83. The van der Waals surface area contributed by atoms with Crippen molar-refractivity contribution in [2.24, 2.45) is 0 Å². The Bertz CT molecular complexity index is 6.85. The van der Waals surface area contributed by atoms with Crippen LogP contribution in [-0.2, 0) is 0 Å². The van der Waals surface area contributed by atoms with E-state index in [-0.39, 0.29) is 61.1 Å². The van der Waals surface area contributed by atoms with E-state index in [1.807, 2.05) is 0 Å².